The molecule has 0 bridgehead atoms. The Morgan fingerprint density at radius 3 is 1.73 bits per heavy atom. The number of primary amides is 2. The summed E-state index contributed by atoms with van der Waals surface area (Å²) < 4.78 is 0. The molecule has 0 spiro atoms. The zero-order chi connectivity index (χ0) is 20.4. The van der Waals surface area contributed by atoms with Gasteiger partial charge < -0.3 is 38.0 Å². The normalized spacial score (nSPS) is 13.7. The highest BCUT2D eigenvalue weighted by molar-refractivity contribution is 5.95. The number of hydrogen-bond acceptors (Lipinski definition) is 7. The minimum atomic E-state index is -1.56. The SMILES string of the molecule is NC(=O)C[C@H](NC(=O)[C@@H](N)CC(N)=O)C(=O)N[C@@H](CCC(=O)O)C(=O)O. The van der Waals surface area contributed by atoms with Crippen LogP contribution in [0.15, 0.2) is 0 Å². The van der Waals surface area contributed by atoms with Gasteiger partial charge in [-0.2, -0.15) is 0 Å². The van der Waals surface area contributed by atoms with Crippen molar-refractivity contribution in [3.63, 3.8) is 0 Å². The molecule has 0 saturated heterocycles. The molecule has 0 aliphatic carbocycles. The van der Waals surface area contributed by atoms with Gasteiger partial charge in [0.15, 0.2) is 0 Å². The van der Waals surface area contributed by atoms with E-state index in [-0.39, 0.29) is 0 Å². The van der Waals surface area contributed by atoms with Crippen LogP contribution in [0.4, 0.5) is 0 Å². The summed E-state index contributed by atoms with van der Waals surface area (Å²) >= 11 is 0. The number of nitrogens with two attached hydrogens (primary N) is 3. The second-order valence-corrected chi connectivity index (χ2v) is 5.34. The summed E-state index contributed by atoms with van der Waals surface area (Å²) in [7, 11) is 0. The van der Waals surface area contributed by atoms with E-state index in [0.717, 1.165) is 0 Å². The molecule has 4 amide bonds. The molecule has 26 heavy (non-hydrogen) atoms. The summed E-state index contributed by atoms with van der Waals surface area (Å²) in [6, 6.07) is -4.52. The lowest BCUT2D eigenvalue weighted by atomic mass is 10.1. The Labute approximate surface area is 147 Å². The first kappa shape index (κ1) is 22.8. The van der Waals surface area contributed by atoms with Crippen LogP contribution in [0.3, 0.4) is 0 Å². The van der Waals surface area contributed by atoms with Crippen molar-refractivity contribution in [1.82, 2.24) is 10.6 Å². The summed E-state index contributed by atoms with van der Waals surface area (Å²) in [6.45, 7) is 0. The Hall–Kier alpha value is -3.22. The van der Waals surface area contributed by atoms with Gasteiger partial charge >= 0.3 is 11.9 Å². The molecule has 0 fully saturated rings. The number of rotatable bonds is 12. The smallest absolute Gasteiger partial charge is 0.326 e. The Morgan fingerprint density at radius 2 is 1.31 bits per heavy atom. The fourth-order valence-corrected chi connectivity index (χ4v) is 1.80. The molecule has 0 heterocycles. The topological polar surface area (TPSA) is 245 Å². The molecule has 13 heteroatoms. The molecule has 0 aliphatic rings. The average molecular weight is 375 g/mol. The minimum Gasteiger partial charge on any atom is -0.481 e. The predicted octanol–water partition coefficient (Wildman–Crippen LogP) is -4.02. The van der Waals surface area contributed by atoms with Crippen LogP contribution < -0.4 is 27.8 Å². The van der Waals surface area contributed by atoms with Gasteiger partial charge in [-0.25, -0.2) is 4.79 Å². The van der Waals surface area contributed by atoms with Crippen LogP contribution in [0, 0.1) is 0 Å². The predicted molar refractivity (Wildman–Crippen MR) is 84.0 cm³/mol. The van der Waals surface area contributed by atoms with Crippen molar-refractivity contribution in [3.8, 4) is 0 Å². The standard InChI is InChI=1S/C13H21N5O8/c14-5(3-8(15)19)11(23)18-7(4-9(16)20)12(24)17-6(13(25)26)1-2-10(21)22/h5-7H,1-4,14H2,(H2,15,19)(H2,16,20)(H,17,24)(H,18,23)(H,21,22)(H,25,26)/t5-,6-,7-/m0/s1. The molecule has 0 aromatic rings. The number of amides is 4. The summed E-state index contributed by atoms with van der Waals surface area (Å²) in [6.07, 6.45) is -2.15. The van der Waals surface area contributed by atoms with Crippen molar-refractivity contribution >= 4 is 35.6 Å². The molecule has 0 rings (SSSR count). The highest BCUT2D eigenvalue weighted by atomic mass is 16.4. The molecular weight excluding hydrogens is 354 g/mol. The molecule has 0 aromatic carbocycles. The zero-order valence-corrected chi connectivity index (χ0v) is 13.6. The van der Waals surface area contributed by atoms with E-state index in [1.807, 2.05) is 5.32 Å². The van der Waals surface area contributed by atoms with E-state index in [2.05, 4.69) is 5.32 Å². The number of carbonyl (C=O) groups is 6. The summed E-state index contributed by atoms with van der Waals surface area (Å²) in [5, 5.41) is 21.7. The molecule has 0 aromatic heterocycles. The van der Waals surface area contributed by atoms with Crippen molar-refractivity contribution in [1.29, 1.82) is 0 Å². The molecule has 0 radical (unpaired) electrons. The third-order valence-electron chi connectivity index (χ3n) is 3.06. The van der Waals surface area contributed by atoms with E-state index >= 15 is 0 Å². The quantitative estimate of drug-likeness (QED) is 0.175. The third kappa shape index (κ3) is 9.17. The zero-order valence-electron chi connectivity index (χ0n) is 13.6. The van der Waals surface area contributed by atoms with E-state index in [4.69, 9.17) is 27.4 Å². The van der Waals surface area contributed by atoms with Crippen LogP contribution in [0.2, 0.25) is 0 Å². The monoisotopic (exact) mass is 375 g/mol. The summed E-state index contributed by atoms with van der Waals surface area (Å²) in [5.74, 6) is -6.70. The molecule has 0 saturated carbocycles. The minimum absolute atomic E-state index is 0.422. The van der Waals surface area contributed by atoms with Gasteiger partial charge in [-0.3, -0.25) is 24.0 Å². The number of nitrogens with one attached hydrogen (secondary N) is 2. The van der Waals surface area contributed by atoms with Crippen LogP contribution in [-0.4, -0.2) is 63.9 Å². The van der Waals surface area contributed by atoms with Gasteiger partial charge in [-0.1, -0.05) is 0 Å². The number of hydrogen-bond donors (Lipinski definition) is 7. The van der Waals surface area contributed by atoms with E-state index in [1.165, 1.54) is 0 Å². The van der Waals surface area contributed by atoms with Gasteiger partial charge in [0.2, 0.25) is 23.6 Å². The third-order valence-corrected chi connectivity index (χ3v) is 3.06. The first-order valence-electron chi connectivity index (χ1n) is 7.31. The van der Waals surface area contributed by atoms with Crippen molar-refractivity contribution in [3.05, 3.63) is 0 Å². The van der Waals surface area contributed by atoms with Crippen molar-refractivity contribution in [2.75, 3.05) is 0 Å². The van der Waals surface area contributed by atoms with E-state index in [1.54, 1.807) is 0 Å². The molecule has 10 N–H and O–H groups in total. The maximum Gasteiger partial charge on any atom is 0.326 e. The molecule has 0 aliphatic heterocycles. The lowest BCUT2D eigenvalue weighted by Gasteiger charge is -2.21. The van der Waals surface area contributed by atoms with Gasteiger partial charge in [0, 0.05) is 6.42 Å². The van der Waals surface area contributed by atoms with Crippen LogP contribution in [-0.2, 0) is 28.8 Å². The van der Waals surface area contributed by atoms with E-state index < -0.39 is 79.4 Å². The lowest BCUT2D eigenvalue weighted by Crippen LogP contribution is -2.55. The van der Waals surface area contributed by atoms with Crippen LogP contribution in [0.25, 0.3) is 0 Å². The fraction of sp³-hybridized carbons (Fsp3) is 0.538. The molecule has 146 valence electrons. The Kier molecular flexibility index (Phi) is 9.29. The highest BCUT2D eigenvalue weighted by Crippen LogP contribution is 2.01. The second-order valence-electron chi connectivity index (χ2n) is 5.34. The Morgan fingerprint density at radius 1 is 0.808 bits per heavy atom. The lowest BCUT2D eigenvalue weighted by molar-refractivity contribution is -0.143. The molecular formula is C13H21N5O8. The van der Waals surface area contributed by atoms with Crippen LogP contribution >= 0.6 is 0 Å². The first-order valence-corrected chi connectivity index (χ1v) is 7.31. The number of carbonyl (C=O) groups excluding carboxylic acids is 4. The largest absolute Gasteiger partial charge is 0.481 e. The van der Waals surface area contributed by atoms with Gasteiger partial charge in [-0.05, 0) is 6.42 Å². The fourth-order valence-electron chi connectivity index (χ4n) is 1.80. The van der Waals surface area contributed by atoms with Gasteiger partial charge in [0.25, 0.3) is 0 Å². The number of carboxylic acids is 2. The second kappa shape index (κ2) is 10.6. The molecule has 0 unspecified atom stereocenters. The number of carboxylic acid groups (broad SMARTS) is 2. The molecule has 13 nitrogen and oxygen atoms in total. The summed E-state index contributed by atoms with van der Waals surface area (Å²) in [5.41, 5.74) is 15.3. The number of aliphatic carboxylic acids is 2. The van der Waals surface area contributed by atoms with Crippen molar-refractivity contribution in [2.24, 2.45) is 17.2 Å². The van der Waals surface area contributed by atoms with Crippen LogP contribution in [0.5, 0.6) is 0 Å². The van der Waals surface area contributed by atoms with Crippen molar-refractivity contribution < 1.29 is 39.0 Å². The molecule has 3 atom stereocenters. The first-order chi connectivity index (χ1) is 11.9. The maximum atomic E-state index is 12.1. The van der Waals surface area contributed by atoms with Gasteiger partial charge in [0.05, 0.1) is 18.9 Å². The van der Waals surface area contributed by atoms with Crippen molar-refractivity contribution in [2.45, 2.75) is 43.8 Å². The van der Waals surface area contributed by atoms with Gasteiger partial charge in [0.1, 0.15) is 12.1 Å². The Bertz CT molecular complexity index is 593. The van der Waals surface area contributed by atoms with Gasteiger partial charge in [-0.15, -0.1) is 0 Å². The van der Waals surface area contributed by atoms with E-state index in [0.29, 0.717) is 0 Å². The summed E-state index contributed by atoms with van der Waals surface area (Å²) in [4.78, 5) is 67.4. The average Bonchev–Trinajstić information content (AvgIpc) is 2.48. The van der Waals surface area contributed by atoms with Crippen LogP contribution in [0.1, 0.15) is 25.7 Å². The van der Waals surface area contributed by atoms with E-state index in [9.17, 15) is 28.8 Å². The Balaban J connectivity index is 5.08. The highest BCUT2D eigenvalue weighted by Gasteiger charge is 2.29. The maximum absolute atomic E-state index is 12.1.